The van der Waals surface area contributed by atoms with Crippen molar-refractivity contribution < 1.29 is 4.79 Å². The molecule has 0 radical (unpaired) electrons. The number of anilines is 1. The Kier molecular flexibility index (Phi) is 5.01. The van der Waals surface area contributed by atoms with Gasteiger partial charge in [-0.3, -0.25) is 4.79 Å². The van der Waals surface area contributed by atoms with Crippen LogP contribution in [-0.2, 0) is 11.8 Å². The van der Waals surface area contributed by atoms with Crippen molar-refractivity contribution in [2.45, 2.75) is 28.4 Å². The van der Waals surface area contributed by atoms with Crippen molar-refractivity contribution >= 4 is 47.4 Å². The van der Waals surface area contributed by atoms with Crippen molar-refractivity contribution in [3.8, 4) is 0 Å². The van der Waals surface area contributed by atoms with Gasteiger partial charge in [0.25, 0.3) is 0 Å². The van der Waals surface area contributed by atoms with Crippen LogP contribution in [0.2, 0.25) is 5.02 Å². The summed E-state index contributed by atoms with van der Waals surface area (Å²) in [5.74, 6) is -0.160. The Morgan fingerprint density at radius 2 is 2.23 bits per heavy atom. The number of amides is 1. The van der Waals surface area contributed by atoms with Gasteiger partial charge in [-0.1, -0.05) is 11.6 Å². The molecule has 22 heavy (non-hydrogen) atoms. The molecule has 1 aliphatic rings. The van der Waals surface area contributed by atoms with E-state index in [1.807, 2.05) is 17.7 Å². The highest BCUT2D eigenvalue weighted by Gasteiger charge is 2.45. The van der Waals surface area contributed by atoms with Crippen LogP contribution in [0.1, 0.15) is 12.8 Å². The molecule has 0 spiro atoms. The van der Waals surface area contributed by atoms with E-state index in [-0.39, 0.29) is 18.3 Å². The summed E-state index contributed by atoms with van der Waals surface area (Å²) in [6.07, 6.45) is 3.08. The van der Waals surface area contributed by atoms with Crippen LogP contribution < -0.4 is 11.1 Å². The van der Waals surface area contributed by atoms with Gasteiger partial charge in [-0.05, 0) is 42.8 Å². The third-order valence-electron chi connectivity index (χ3n) is 3.30. The number of nitrogens with zero attached hydrogens (tertiary/aromatic N) is 3. The number of aromatic nitrogens is 3. The van der Waals surface area contributed by atoms with Crippen molar-refractivity contribution in [2.75, 3.05) is 5.32 Å². The Bertz CT molecular complexity index is 701. The minimum absolute atomic E-state index is 0. The van der Waals surface area contributed by atoms with Gasteiger partial charge in [-0.15, -0.1) is 22.6 Å². The van der Waals surface area contributed by atoms with Crippen molar-refractivity contribution in [2.24, 2.45) is 12.8 Å². The lowest BCUT2D eigenvalue weighted by molar-refractivity contribution is -0.118. The van der Waals surface area contributed by atoms with Crippen LogP contribution in [0.3, 0.4) is 0 Å². The Balaban J connectivity index is 0.00000176. The molecule has 3 rings (SSSR count). The summed E-state index contributed by atoms with van der Waals surface area (Å²) in [4.78, 5) is 12.7. The molecule has 2 aromatic rings. The van der Waals surface area contributed by atoms with E-state index in [9.17, 15) is 4.79 Å². The van der Waals surface area contributed by atoms with E-state index >= 15 is 0 Å². The topological polar surface area (TPSA) is 85.8 Å². The molecule has 1 saturated carbocycles. The van der Waals surface area contributed by atoms with Crippen LogP contribution in [-0.4, -0.2) is 26.2 Å². The van der Waals surface area contributed by atoms with E-state index in [1.54, 1.807) is 18.5 Å². The first-order valence-electron chi connectivity index (χ1n) is 6.40. The number of halogens is 2. The Morgan fingerprint density at radius 1 is 1.50 bits per heavy atom. The summed E-state index contributed by atoms with van der Waals surface area (Å²) in [5.41, 5.74) is 5.79. The minimum atomic E-state index is -0.696. The van der Waals surface area contributed by atoms with E-state index in [2.05, 4.69) is 15.5 Å². The molecule has 1 fully saturated rings. The predicted octanol–water partition coefficient (Wildman–Crippen LogP) is 2.47. The monoisotopic (exact) mass is 359 g/mol. The molecule has 0 bridgehead atoms. The molecule has 1 amide bonds. The third-order valence-corrected chi connectivity index (χ3v) is 4.85. The lowest BCUT2D eigenvalue weighted by Crippen LogP contribution is -2.37. The number of hydrogen-bond acceptors (Lipinski definition) is 5. The largest absolute Gasteiger partial charge is 0.324 e. The summed E-state index contributed by atoms with van der Waals surface area (Å²) in [6.45, 7) is 0. The van der Waals surface area contributed by atoms with Crippen LogP contribution in [0.25, 0.3) is 0 Å². The Labute approximate surface area is 143 Å². The summed E-state index contributed by atoms with van der Waals surface area (Å²) < 4.78 is 1.81. The summed E-state index contributed by atoms with van der Waals surface area (Å²) in [5, 5.41) is 11.9. The second kappa shape index (κ2) is 6.45. The number of nitrogens with one attached hydrogen (secondary N) is 1. The van der Waals surface area contributed by atoms with Crippen molar-refractivity contribution in [3.63, 3.8) is 0 Å². The molecule has 0 aliphatic heterocycles. The molecule has 0 saturated heterocycles. The van der Waals surface area contributed by atoms with E-state index in [0.29, 0.717) is 10.7 Å². The predicted molar refractivity (Wildman–Crippen MR) is 88.6 cm³/mol. The van der Waals surface area contributed by atoms with E-state index in [1.165, 1.54) is 11.8 Å². The molecular weight excluding hydrogens is 345 g/mol. The fourth-order valence-electron chi connectivity index (χ4n) is 1.74. The lowest BCUT2D eigenvalue weighted by Gasteiger charge is -2.11. The van der Waals surface area contributed by atoms with Crippen LogP contribution in [0, 0.1) is 0 Å². The minimum Gasteiger partial charge on any atom is -0.324 e. The molecule has 1 aliphatic carbocycles. The van der Waals surface area contributed by atoms with Gasteiger partial charge in [0.15, 0.2) is 5.16 Å². The highest BCUT2D eigenvalue weighted by molar-refractivity contribution is 7.99. The Morgan fingerprint density at radius 3 is 2.77 bits per heavy atom. The van der Waals surface area contributed by atoms with E-state index in [0.717, 1.165) is 22.9 Å². The highest BCUT2D eigenvalue weighted by Crippen LogP contribution is 2.36. The summed E-state index contributed by atoms with van der Waals surface area (Å²) >= 11 is 7.66. The van der Waals surface area contributed by atoms with Gasteiger partial charge >= 0.3 is 0 Å². The average Bonchev–Trinajstić information content (AvgIpc) is 3.07. The smallest absolute Gasteiger partial charge is 0.244 e. The highest BCUT2D eigenvalue weighted by atomic mass is 35.5. The molecule has 3 N–H and O–H groups in total. The molecule has 6 nitrogen and oxygen atoms in total. The average molecular weight is 360 g/mol. The van der Waals surface area contributed by atoms with Gasteiger partial charge in [0.05, 0.1) is 10.6 Å². The fraction of sp³-hybridized carbons (Fsp3) is 0.308. The van der Waals surface area contributed by atoms with Crippen molar-refractivity contribution in [1.82, 2.24) is 14.8 Å². The normalized spacial score (nSPS) is 15.0. The first-order valence-corrected chi connectivity index (χ1v) is 7.59. The van der Waals surface area contributed by atoms with E-state index in [4.69, 9.17) is 17.3 Å². The number of carbonyl (C=O) groups excluding carboxylic acids is 1. The number of rotatable bonds is 4. The Hall–Kier alpha value is -1.28. The van der Waals surface area contributed by atoms with Gasteiger partial charge in [0.1, 0.15) is 6.33 Å². The number of hydrogen-bond donors (Lipinski definition) is 2. The zero-order valence-corrected chi connectivity index (χ0v) is 14.1. The van der Waals surface area contributed by atoms with Crippen LogP contribution in [0.4, 0.5) is 5.69 Å². The third kappa shape index (κ3) is 3.55. The lowest BCUT2D eigenvalue weighted by atomic mass is 10.2. The molecule has 1 aromatic heterocycles. The molecular formula is C13H15Cl2N5OS. The number of aryl methyl sites for hydroxylation is 1. The molecule has 9 heteroatoms. The number of benzene rings is 1. The van der Waals surface area contributed by atoms with Gasteiger partial charge < -0.3 is 15.6 Å². The summed E-state index contributed by atoms with van der Waals surface area (Å²) in [7, 11) is 1.86. The molecule has 1 aromatic carbocycles. The first kappa shape index (κ1) is 17.1. The first-order chi connectivity index (χ1) is 9.98. The van der Waals surface area contributed by atoms with Gasteiger partial charge in [-0.2, -0.15) is 0 Å². The fourth-order valence-corrected chi connectivity index (χ4v) is 2.81. The van der Waals surface area contributed by atoms with Crippen LogP contribution in [0.5, 0.6) is 0 Å². The zero-order chi connectivity index (χ0) is 15.0. The van der Waals surface area contributed by atoms with Crippen LogP contribution >= 0.6 is 35.8 Å². The van der Waals surface area contributed by atoms with Gasteiger partial charge in [0, 0.05) is 17.6 Å². The van der Waals surface area contributed by atoms with E-state index < -0.39 is 5.54 Å². The molecule has 1 heterocycles. The van der Waals surface area contributed by atoms with Gasteiger partial charge in [-0.25, -0.2) is 0 Å². The van der Waals surface area contributed by atoms with Crippen LogP contribution in [0.15, 0.2) is 34.6 Å². The van der Waals surface area contributed by atoms with Gasteiger partial charge in [0.2, 0.25) is 5.91 Å². The molecule has 0 atom stereocenters. The molecule has 118 valence electrons. The number of carbonyl (C=O) groups is 1. The summed E-state index contributed by atoms with van der Waals surface area (Å²) in [6, 6.07) is 5.35. The van der Waals surface area contributed by atoms with Crippen molar-refractivity contribution in [1.29, 1.82) is 0 Å². The maximum atomic E-state index is 11.9. The second-order valence-corrected chi connectivity index (χ2v) is 6.50. The molecule has 0 unspecified atom stereocenters. The maximum Gasteiger partial charge on any atom is 0.244 e. The number of nitrogens with two attached hydrogens (primary N) is 1. The zero-order valence-electron chi connectivity index (χ0n) is 11.7. The maximum absolute atomic E-state index is 11.9. The standard InChI is InChI=1S/C13H14ClN5OS.ClH/c1-19-7-16-18-12(19)21-10-3-2-8(6-9(10)14)17-11(20)13(15)4-5-13;/h2-3,6-7H,4-5,15H2,1H3,(H,17,20);1H. The SMILES string of the molecule is Cl.Cn1cnnc1Sc1ccc(NC(=O)C2(N)CC2)cc1Cl. The second-order valence-electron chi connectivity index (χ2n) is 5.08. The van der Waals surface area contributed by atoms with Crippen molar-refractivity contribution in [3.05, 3.63) is 29.5 Å². The quantitative estimate of drug-likeness (QED) is 0.875.